The SMILES string of the molecule is Cc1cc(C2(F)CCC(F)(F)CC2)nc2nc([C@H](Cc3cc(F)cc(F)c3)NC(=O)Cn3nc(C(F)F)c4c3C(F)(F)[C@@H]3C[C@H]43)n(-c3ccc(Cl)c4c(NS(C)(=O)=O)nn(CCN5C[C@H](F)C[C@H](F)C5)c34)c(=O)c12. The fraction of sp³-hybridized carbons (Fsp3) is 0.489. The molecule has 2 N–H and O–H groups in total. The lowest BCUT2D eigenvalue weighted by Crippen LogP contribution is -2.43. The molecule has 14 nitrogen and oxygen atoms in total. The third kappa shape index (κ3) is 9.57. The molecule has 10 rings (SSSR count). The van der Waals surface area contributed by atoms with E-state index in [1.807, 2.05) is 0 Å². The second-order valence-electron chi connectivity index (χ2n) is 19.7. The standard InChI is InChI=1S/C47H44ClF11N10O4S/c1-21-11-32(45(55)5-7-46(56,57)8-6-45)61-41-34(21)44(71)69(31-4-3-29(48)36-38(31)67(64-42(36)65-74(2,72)73)10-9-66-18-25(51)16-26(52)19-66)43(62-41)30(14-22-12-23(49)15-24(50)13-22)60-33(70)20-68-39-35(37(63-68)40(53)54)27-17-28(27)47(39,58)59/h3-4,11-13,15,25-28,30,40H,5-10,14,16-20H2,1-2H3,(H,60,70)(H,64,65)/t25-,26+,27-,28+,30-/m0/s1. The highest BCUT2D eigenvalue weighted by Crippen LogP contribution is 2.68. The number of likely N-dealkylation sites (tertiary alicyclic amines) is 1. The summed E-state index contributed by atoms with van der Waals surface area (Å²) in [4.78, 5) is 40.5. The fourth-order valence-corrected chi connectivity index (χ4v) is 11.5. The van der Waals surface area contributed by atoms with Gasteiger partial charge in [0.05, 0.1) is 51.5 Å². The van der Waals surface area contributed by atoms with E-state index in [0.29, 0.717) is 10.7 Å². The zero-order valence-electron chi connectivity index (χ0n) is 39.1. The van der Waals surface area contributed by atoms with Gasteiger partial charge in [-0.25, -0.2) is 57.9 Å². The number of hydrogen-bond acceptors (Lipinski definition) is 9. The lowest BCUT2D eigenvalue weighted by molar-refractivity contribution is -0.123. The van der Waals surface area contributed by atoms with Gasteiger partial charge in [0.15, 0.2) is 17.1 Å². The number of anilines is 1. The van der Waals surface area contributed by atoms with E-state index in [2.05, 4.69) is 25.2 Å². The molecule has 4 aliphatic rings. The maximum atomic E-state index is 16.8. The van der Waals surface area contributed by atoms with Gasteiger partial charge >= 0.3 is 0 Å². The van der Waals surface area contributed by atoms with Crippen LogP contribution in [0.5, 0.6) is 0 Å². The first-order valence-corrected chi connectivity index (χ1v) is 25.7. The monoisotopic (exact) mass is 1090 g/mol. The molecule has 5 heterocycles. The zero-order valence-corrected chi connectivity index (χ0v) is 40.6. The molecule has 3 aliphatic carbocycles. The van der Waals surface area contributed by atoms with Crippen LogP contribution in [0.25, 0.3) is 27.6 Å². The van der Waals surface area contributed by atoms with Crippen LogP contribution in [0.3, 0.4) is 0 Å². The second-order valence-corrected chi connectivity index (χ2v) is 21.8. The van der Waals surface area contributed by atoms with Crippen molar-refractivity contribution in [3.8, 4) is 5.69 Å². The van der Waals surface area contributed by atoms with Gasteiger partial charge in [-0.1, -0.05) is 11.6 Å². The summed E-state index contributed by atoms with van der Waals surface area (Å²) in [5, 5.41) is 10.1. The second kappa shape index (κ2) is 18.4. The quantitative estimate of drug-likeness (QED) is 0.102. The minimum atomic E-state index is -4.14. The molecule has 1 amide bonds. The number of pyridine rings is 1. The number of halogens is 12. The van der Waals surface area contributed by atoms with Crippen molar-refractivity contribution in [1.82, 2.24) is 44.3 Å². The van der Waals surface area contributed by atoms with Crippen molar-refractivity contribution in [2.75, 3.05) is 30.6 Å². The summed E-state index contributed by atoms with van der Waals surface area (Å²) in [6, 6.07) is 4.15. The summed E-state index contributed by atoms with van der Waals surface area (Å²) in [6.45, 7) is -0.454. The predicted molar refractivity (Wildman–Crippen MR) is 247 cm³/mol. The van der Waals surface area contributed by atoms with Gasteiger partial charge in [-0.3, -0.25) is 33.1 Å². The number of nitrogens with one attached hydrogen (secondary N) is 2. The Kier molecular flexibility index (Phi) is 12.9. The molecule has 396 valence electrons. The normalized spacial score (nSPS) is 22.5. The van der Waals surface area contributed by atoms with Crippen molar-refractivity contribution in [3.63, 3.8) is 0 Å². The van der Waals surface area contributed by atoms with Crippen molar-refractivity contribution in [3.05, 3.63) is 103 Å². The summed E-state index contributed by atoms with van der Waals surface area (Å²) in [6.07, 6.45) is -9.70. The van der Waals surface area contributed by atoms with E-state index in [1.165, 1.54) is 34.7 Å². The number of nitrogens with zero attached hydrogens (tertiary/aromatic N) is 8. The third-order valence-corrected chi connectivity index (χ3v) is 15.0. The van der Waals surface area contributed by atoms with Crippen LogP contribution in [0.2, 0.25) is 5.02 Å². The first-order chi connectivity index (χ1) is 34.7. The van der Waals surface area contributed by atoms with E-state index in [9.17, 15) is 48.3 Å². The van der Waals surface area contributed by atoms with E-state index >= 15 is 18.0 Å². The average Bonchev–Trinajstić information content (AvgIpc) is 3.81. The summed E-state index contributed by atoms with van der Waals surface area (Å²) >= 11 is 6.78. The van der Waals surface area contributed by atoms with Gasteiger partial charge in [0.25, 0.3) is 17.9 Å². The smallest absolute Gasteiger partial charge is 0.293 e. The lowest BCUT2D eigenvalue weighted by atomic mass is 9.81. The van der Waals surface area contributed by atoms with Crippen LogP contribution in [0, 0.1) is 24.5 Å². The van der Waals surface area contributed by atoms with Crippen LogP contribution in [0.1, 0.15) is 96.5 Å². The minimum absolute atomic E-state index is 0.0242. The molecule has 0 bridgehead atoms. The van der Waals surface area contributed by atoms with Gasteiger partial charge in [-0.05, 0) is 73.6 Å². The van der Waals surface area contributed by atoms with Gasteiger partial charge in [-0.15, -0.1) is 0 Å². The Bertz CT molecular complexity index is 3410. The van der Waals surface area contributed by atoms with Crippen molar-refractivity contribution >= 4 is 55.3 Å². The summed E-state index contributed by atoms with van der Waals surface area (Å²) in [7, 11) is -4.14. The van der Waals surface area contributed by atoms with Crippen molar-refractivity contribution < 1.29 is 61.5 Å². The van der Waals surface area contributed by atoms with Gasteiger partial charge < -0.3 is 5.32 Å². The number of aromatic nitrogens is 7. The number of carbonyl (C=O) groups is 1. The van der Waals surface area contributed by atoms with Crippen molar-refractivity contribution in [1.29, 1.82) is 0 Å². The molecule has 3 fully saturated rings. The summed E-state index contributed by atoms with van der Waals surface area (Å²) < 4.78 is 195. The molecule has 4 aromatic heterocycles. The van der Waals surface area contributed by atoms with Crippen LogP contribution in [0.4, 0.5) is 54.1 Å². The summed E-state index contributed by atoms with van der Waals surface area (Å²) in [5.41, 5.74) is -7.13. The highest BCUT2D eigenvalue weighted by Gasteiger charge is 2.67. The average molecular weight is 1090 g/mol. The number of rotatable bonds is 14. The van der Waals surface area contributed by atoms with E-state index in [-0.39, 0.29) is 94.2 Å². The van der Waals surface area contributed by atoms with Crippen LogP contribution in [0.15, 0.2) is 41.2 Å². The Morgan fingerprint density at radius 2 is 1.57 bits per heavy atom. The number of hydrogen-bond donors (Lipinski definition) is 2. The van der Waals surface area contributed by atoms with E-state index in [0.717, 1.165) is 23.0 Å². The van der Waals surface area contributed by atoms with Crippen LogP contribution in [-0.4, -0.2) is 97.5 Å². The predicted octanol–water partition coefficient (Wildman–Crippen LogP) is 8.94. The highest BCUT2D eigenvalue weighted by molar-refractivity contribution is 7.92. The van der Waals surface area contributed by atoms with Crippen LogP contribution in [-0.2, 0) is 45.9 Å². The molecule has 5 atom stereocenters. The maximum Gasteiger partial charge on any atom is 0.293 e. The van der Waals surface area contributed by atoms with Crippen LogP contribution >= 0.6 is 11.6 Å². The maximum absolute atomic E-state index is 16.8. The molecule has 6 aromatic rings. The first kappa shape index (κ1) is 51.6. The third-order valence-electron chi connectivity index (χ3n) is 14.2. The number of piperidine rings is 1. The van der Waals surface area contributed by atoms with E-state index in [1.54, 1.807) is 0 Å². The molecule has 27 heteroatoms. The van der Waals surface area contributed by atoms with E-state index < -0.39 is 149 Å². The van der Waals surface area contributed by atoms with Gasteiger partial charge in [0.2, 0.25) is 21.9 Å². The molecular weight excluding hydrogens is 1050 g/mol. The fourth-order valence-electron chi connectivity index (χ4n) is 10.8. The van der Waals surface area contributed by atoms with Crippen molar-refractivity contribution in [2.24, 2.45) is 5.92 Å². The Hall–Kier alpha value is -5.89. The molecule has 2 saturated carbocycles. The Morgan fingerprint density at radius 1 is 0.892 bits per heavy atom. The molecule has 1 aliphatic heterocycles. The largest absolute Gasteiger partial charge is 0.344 e. The Labute approximate surface area is 418 Å². The number of fused-ring (bicyclic) bond motifs is 5. The molecule has 0 unspecified atom stereocenters. The zero-order chi connectivity index (χ0) is 53.1. The number of benzene rings is 2. The molecule has 2 aromatic carbocycles. The van der Waals surface area contributed by atoms with Gasteiger partial charge in [-0.2, -0.15) is 19.0 Å². The number of carbonyl (C=O) groups excluding carboxylic acids is 1. The minimum Gasteiger partial charge on any atom is -0.344 e. The first-order valence-electron chi connectivity index (χ1n) is 23.4. The van der Waals surface area contributed by atoms with E-state index in [4.69, 9.17) is 16.6 Å². The summed E-state index contributed by atoms with van der Waals surface area (Å²) in [5.74, 6) is -13.4. The topological polar surface area (TPSA) is 162 Å². The number of sulfonamides is 1. The highest BCUT2D eigenvalue weighted by atomic mass is 35.5. The van der Waals surface area contributed by atoms with Crippen molar-refractivity contribution in [2.45, 2.75) is 113 Å². The molecule has 0 spiro atoms. The lowest BCUT2D eigenvalue weighted by Gasteiger charge is -2.33. The number of amides is 1. The number of alkyl halides is 9. The van der Waals surface area contributed by atoms with Crippen LogP contribution < -0.4 is 15.6 Å². The molecule has 0 radical (unpaired) electrons. The Balaban J connectivity index is 1.19. The Morgan fingerprint density at radius 3 is 2.22 bits per heavy atom. The molecule has 1 saturated heterocycles. The van der Waals surface area contributed by atoms with Gasteiger partial charge in [0.1, 0.15) is 47.7 Å². The molecular formula is C47H44ClF11N10O4S. The number of aryl methyl sites for hydroxylation is 1. The van der Waals surface area contributed by atoms with Gasteiger partial charge in [0, 0.05) is 62.9 Å². The molecule has 74 heavy (non-hydrogen) atoms.